The third-order valence-corrected chi connectivity index (χ3v) is 1.83. The van der Waals surface area contributed by atoms with Crippen molar-refractivity contribution in [3.8, 4) is 23.3 Å². The molecule has 0 bridgehead atoms. The lowest BCUT2D eigenvalue weighted by Crippen LogP contribution is -1.90. The zero-order valence-electron chi connectivity index (χ0n) is 8.13. The van der Waals surface area contributed by atoms with Crippen LogP contribution in [-0.4, -0.2) is 20.1 Å². The van der Waals surface area contributed by atoms with Gasteiger partial charge in [0.15, 0.2) is 0 Å². The summed E-state index contributed by atoms with van der Waals surface area (Å²) in [7, 11) is 3.21. The summed E-state index contributed by atoms with van der Waals surface area (Å²) in [5.41, 5.74) is 0.814. The standard InChI is InChI=1S/C11H11ClO2/c1-13-10-6-5-9(4-3-7-12)11(8-10)14-2/h5-6,8H,7H2,1-2H3. The first-order valence-corrected chi connectivity index (χ1v) is 4.62. The van der Waals surface area contributed by atoms with Crippen LogP contribution in [0.25, 0.3) is 0 Å². The second kappa shape index (κ2) is 5.41. The van der Waals surface area contributed by atoms with Gasteiger partial charge in [-0.25, -0.2) is 0 Å². The molecule has 14 heavy (non-hydrogen) atoms. The maximum absolute atomic E-state index is 5.47. The Morgan fingerprint density at radius 1 is 1.29 bits per heavy atom. The van der Waals surface area contributed by atoms with E-state index in [1.165, 1.54) is 0 Å². The van der Waals surface area contributed by atoms with Crippen LogP contribution in [0.3, 0.4) is 0 Å². The Balaban J connectivity index is 3.05. The summed E-state index contributed by atoms with van der Waals surface area (Å²) in [5.74, 6) is 7.43. The summed E-state index contributed by atoms with van der Waals surface area (Å²) < 4.78 is 10.2. The van der Waals surface area contributed by atoms with Crippen LogP contribution in [0.4, 0.5) is 0 Å². The molecule has 0 aliphatic carbocycles. The van der Waals surface area contributed by atoms with Crippen LogP contribution >= 0.6 is 11.6 Å². The molecule has 3 heteroatoms. The van der Waals surface area contributed by atoms with Gasteiger partial charge < -0.3 is 9.47 Å². The molecule has 1 aromatic rings. The highest BCUT2D eigenvalue weighted by molar-refractivity contribution is 6.19. The monoisotopic (exact) mass is 210 g/mol. The van der Waals surface area contributed by atoms with Gasteiger partial charge in [-0.05, 0) is 12.1 Å². The summed E-state index contributed by atoms with van der Waals surface area (Å²) in [4.78, 5) is 0. The molecule has 0 fully saturated rings. The van der Waals surface area contributed by atoms with E-state index >= 15 is 0 Å². The number of alkyl halides is 1. The van der Waals surface area contributed by atoms with Gasteiger partial charge in [0.05, 0.1) is 25.7 Å². The number of hydrogen-bond donors (Lipinski definition) is 0. The molecule has 0 aromatic heterocycles. The van der Waals surface area contributed by atoms with Crippen molar-refractivity contribution in [1.29, 1.82) is 0 Å². The Morgan fingerprint density at radius 2 is 2.07 bits per heavy atom. The van der Waals surface area contributed by atoms with Gasteiger partial charge in [0.25, 0.3) is 0 Å². The predicted molar refractivity (Wildman–Crippen MR) is 57.1 cm³/mol. The SMILES string of the molecule is COc1ccc(C#CCCl)c(OC)c1. The Kier molecular flexibility index (Phi) is 4.15. The van der Waals surface area contributed by atoms with Gasteiger partial charge in [0.1, 0.15) is 11.5 Å². The molecule has 74 valence electrons. The van der Waals surface area contributed by atoms with Crippen molar-refractivity contribution in [2.45, 2.75) is 0 Å². The lowest BCUT2D eigenvalue weighted by atomic mass is 10.2. The van der Waals surface area contributed by atoms with E-state index in [-0.39, 0.29) is 0 Å². The molecule has 0 N–H and O–H groups in total. The van der Waals surface area contributed by atoms with Crippen molar-refractivity contribution in [3.05, 3.63) is 23.8 Å². The Labute approximate surface area is 88.8 Å². The van der Waals surface area contributed by atoms with Crippen molar-refractivity contribution in [3.63, 3.8) is 0 Å². The number of benzene rings is 1. The molecule has 0 heterocycles. The van der Waals surface area contributed by atoms with Gasteiger partial charge in [-0.15, -0.1) is 11.6 Å². The Hall–Kier alpha value is -1.33. The third kappa shape index (κ3) is 2.58. The van der Waals surface area contributed by atoms with Crippen molar-refractivity contribution in [1.82, 2.24) is 0 Å². The average molecular weight is 211 g/mol. The summed E-state index contributed by atoms with van der Waals surface area (Å²) in [5, 5.41) is 0. The molecule has 0 atom stereocenters. The molecule has 1 aromatic carbocycles. The molecular weight excluding hydrogens is 200 g/mol. The number of methoxy groups -OCH3 is 2. The summed E-state index contributed by atoms with van der Waals surface area (Å²) in [6, 6.07) is 5.47. The first-order valence-electron chi connectivity index (χ1n) is 4.08. The quantitative estimate of drug-likeness (QED) is 0.551. The highest BCUT2D eigenvalue weighted by Crippen LogP contribution is 2.23. The lowest BCUT2D eigenvalue weighted by Gasteiger charge is -2.05. The van der Waals surface area contributed by atoms with Crippen molar-refractivity contribution in [2.75, 3.05) is 20.1 Å². The van der Waals surface area contributed by atoms with Gasteiger partial charge in [0.2, 0.25) is 0 Å². The average Bonchev–Trinajstić information content (AvgIpc) is 2.26. The molecule has 0 saturated heterocycles. The van der Waals surface area contributed by atoms with Crippen molar-refractivity contribution < 1.29 is 9.47 Å². The van der Waals surface area contributed by atoms with Crippen LogP contribution in [0.1, 0.15) is 5.56 Å². The van der Waals surface area contributed by atoms with E-state index in [1.54, 1.807) is 20.3 Å². The van der Waals surface area contributed by atoms with Gasteiger partial charge >= 0.3 is 0 Å². The van der Waals surface area contributed by atoms with E-state index in [0.717, 1.165) is 11.3 Å². The molecule has 0 aliphatic rings. The van der Waals surface area contributed by atoms with Crippen molar-refractivity contribution >= 4 is 11.6 Å². The summed E-state index contributed by atoms with van der Waals surface area (Å²) in [6.45, 7) is 0. The maximum Gasteiger partial charge on any atom is 0.138 e. The minimum atomic E-state index is 0.315. The van der Waals surface area contributed by atoms with Gasteiger partial charge in [-0.1, -0.05) is 11.8 Å². The topological polar surface area (TPSA) is 18.5 Å². The smallest absolute Gasteiger partial charge is 0.138 e. The third-order valence-electron chi connectivity index (χ3n) is 1.70. The molecular formula is C11H11ClO2. The molecule has 1 rings (SSSR count). The van der Waals surface area contributed by atoms with E-state index in [2.05, 4.69) is 11.8 Å². The molecule has 0 spiro atoms. The highest BCUT2D eigenvalue weighted by Gasteiger charge is 2.01. The van der Waals surface area contributed by atoms with Crippen LogP contribution in [0.15, 0.2) is 18.2 Å². The first kappa shape index (κ1) is 10.7. The molecule has 0 amide bonds. The van der Waals surface area contributed by atoms with Gasteiger partial charge in [-0.2, -0.15) is 0 Å². The van der Waals surface area contributed by atoms with E-state index in [1.807, 2.05) is 12.1 Å². The maximum atomic E-state index is 5.47. The zero-order valence-corrected chi connectivity index (χ0v) is 8.89. The molecule has 0 unspecified atom stereocenters. The highest BCUT2D eigenvalue weighted by atomic mass is 35.5. The minimum absolute atomic E-state index is 0.315. The van der Waals surface area contributed by atoms with Gasteiger partial charge in [-0.3, -0.25) is 0 Å². The summed E-state index contributed by atoms with van der Waals surface area (Å²) in [6.07, 6.45) is 0. The van der Waals surface area contributed by atoms with Crippen LogP contribution in [0, 0.1) is 11.8 Å². The van der Waals surface area contributed by atoms with E-state index < -0.39 is 0 Å². The predicted octanol–water partition coefficient (Wildman–Crippen LogP) is 2.29. The normalized spacial score (nSPS) is 8.79. The largest absolute Gasteiger partial charge is 0.497 e. The Morgan fingerprint density at radius 3 is 2.64 bits per heavy atom. The van der Waals surface area contributed by atoms with Crippen LogP contribution in [-0.2, 0) is 0 Å². The molecule has 0 radical (unpaired) electrons. The number of hydrogen-bond acceptors (Lipinski definition) is 2. The zero-order chi connectivity index (χ0) is 10.4. The van der Waals surface area contributed by atoms with E-state index in [4.69, 9.17) is 21.1 Å². The van der Waals surface area contributed by atoms with Crippen LogP contribution in [0.2, 0.25) is 0 Å². The van der Waals surface area contributed by atoms with E-state index in [9.17, 15) is 0 Å². The minimum Gasteiger partial charge on any atom is -0.497 e. The molecule has 0 saturated carbocycles. The second-order valence-corrected chi connectivity index (χ2v) is 2.77. The lowest BCUT2D eigenvalue weighted by molar-refractivity contribution is 0.393. The number of rotatable bonds is 2. The van der Waals surface area contributed by atoms with E-state index in [0.29, 0.717) is 11.6 Å². The fourth-order valence-corrected chi connectivity index (χ4v) is 1.10. The molecule has 2 nitrogen and oxygen atoms in total. The van der Waals surface area contributed by atoms with Crippen molar-refractivity contribution in [2.24, 2.45) is 0 Å². The number of halogens is 1. The number of ether oxygens (including phenoxy) is 2. The molecule has 0 aliphatic heterocycles. The fraction of sp³-hybridized carbons (Fsp3) is 0.273. The first-order chi connectivity index (χ1) is 6.81. The second-order valence-electron chi connectivity index (χ2n) is 2.50. The van der Waals surface area contributed by atoms with Gasteiger partial charge in [0, 0.05) is 6.07 Å². The van der Waals surface area contributed by atoms with Crippen LogP contribution < -0.4 is 9.47 Å². The van der Waals surface area contributed by atoms with Crippen LogP contribution in [0.5, 0.6) is 11.5 Å². The Bertz CT molecular complexity index is 363. The summed E-state index contributed by atoms with van der Waals surface area (Å²) >= 11 is 5.47. The fourth-order valence-electron chi connectivity index (χ4n) is 1.03.